The standard InChI is InChI=1S/C9H14ClN5S/c1-5-3-15(4-6(2)16-5)9-13-7(10)12-8(11)14-9/h5-6H,3-4H2,1-2H3,(H2,11,12,13,14). The number of nitrogens with two attached hydrogens (primary N) is 1. The molecule has 7 heteroatoms. The number of hydrogen-bond acceptors (Lipinski definition) is 6. The maximum absolute atomic E-state index is 5.77. The lowest BCUT2D eigenvalue weighted by atomic mass is 10.3. The second-order valence-corrected chi connectivity index (χ2v) is 6.14. The summed E-state index contributed by atoms with van der Waals surface area (Å²) in [6.07, 6.45) is 0. The smallest absolute Gasteiger partial charge is 0.231 e. The molecule has 5 nitrogen and oxygen atoms in total. The van der Waals surface area contributed by atoms with Gasteiger partial charge < -0.3 is 10.6 Å². The number of hydrogen-bond donors (Lipinski definition) is 1. The predicted octanol–water partition coefficient (Wildman–Crippen LogP) is 1.44. The minimum absolute atomic E-state index is 0.154. The summed E-state index contributed by atoms with van der Waals surface area (Å²) < 4.78 is 0. The summed E-state index contributed by atoms with van der Waals surface area (Å²) in [5, 5.41) is 1.27. The molecule has 1 fully saturated rings. The van der Waals surface area contributed by atoms with E-state index in [9.17, 15) is 0 Å². The predicted molar refractivity (Wildman–Crippen MR) is 68.0 cm³/mol. The zero-order valence-corrected chi connectivity index (χ0v) is 10.8. The van der Waals surface area contributed by atoms with Crippen molar-refractivity contribution in [2.24, 2.45) is 0 Å². The molecule has 88 valence electrons. The lowest BCUT2D eigenvalue weighted by Gasteiger charge is -2.34. The molecule has 1 aromatic heterocycles. The maximum atomic E-state index is 5.77. The van der Waals surface area contributed by atoms with Crippen LogP contribution in [0.25, 0.3) is 0 Å². The van der Waals surface area contributed by atoms with Crippen molar-refractivity contribution in [3.63, 3.8) is 0 Å². The van der Waals surface area contributed by atoms with Crippen LogP contribution >= 0.6 is 23.4 Å². The number of anilines is 2. The van der Waals surface area contributed by atoms with Crippen molar-refractivity contribution < 1.29 is 0 Å². The fourth-order valence-corrected chi connectivity index (χ4v) is 3.32. The zero-order valence-electron chi connectivity index (χ0n) is 9.22. The Morgan fingerprint density at radius 3 is 2.44 bits per heavy atom. The van der Waals surface area contributed by atoms with Gasteiger partial charge in [-0.15, -0.1) is 0 Å². The number of rotatable bonds is 1. The summed E-state index contributed by atoms with van der Waals surface area (Å²) in [6, 6.07) is 0. The van der Waals surface area contributed by atoms with Crippen molar-refractivity contribution in [2.75, 3.05) is 23.7 Å². The normalized spacial score (nSPS) is 25.8. The molecule has 2 unspecified atom stereocenters. The number of aromatic nitrogens is 3. The zero-order chi connectivity index (χ0) is 11.7. The molecule has 0 radical (unpaired) electrons. The van der Waals surface area contributed by atoms with Crippen LogP contribution in [0.15, 0.2) is 0 Å². The highest BCUT2D eigenvalue weighted by Crippen LogP contribution is 2.27. The van der Waals surface area contributed by atoms with Crippen LogP contribution in [0.2, 0.25) is 5.28 Å². The lowest BCUT2D eigenvalue weighted by Crippen LogP contribution is -2.41. The third kappa shape index (κ3) is 2.68. The third-order valence-electron chi connectivity index (χ3n) is 2.32. The van der Waals surface area contributed by atoms with E-state index in [1.54, 1.807) is 0 Å². The van der Waals surface area contributed by atoms with Gasteiger partial charge in [-0.3, -0.25) is 0 Å². The summed E-state index contributed by atoms with van der Waals surface area (Å²) in [7, 11) is 0. The molecule has 0 aromatic carbocycles. The van der Waals surface area contributed by atoms with Crippen LogP contribution in [-0.2, 0) is 0 Å². The van der Waals surface area contributed by atoms with Gasteiger partial charge in [0.2, 0.25) is 17.2 Å². The summed E-state index contributed by atoms with van der Waals surface area (Å²) in [6.45, 7) is 6.21. The van der Waals surface area contributed by atoms with Crippen molar-refractivity contribution in [3.8, 4) is 0 Å². The van der Waals surface area contributed by atoms with Gasteiger partial charge >= 0.3 is 0 Å². The molecule has 0 amide bonds. The molecular formula is C9H14ClN5S. The van der Waals surface area contributed by atoms with Gasteiger partial charge in [0, 0.05) is 23.6 Å². The van der Waals surface area contributed by atoms with E-state index < -0.39 is 0 Å². The van der Waals surface area contributed by atoms with Gasteiger partial charge in [-0.2, -0.15) is 26.7 Å². The fourth-order valence-electron chi connectivity index (χ4n) is 1.84. The third-order valence-corrected chi connectivity index (χ3v) is 3.71. The van der Waals surface area contributed by atoms with E-state index in [1.807, 2.05) is 11.8 Å². The Morgan fingerprint density at radius 2 is 1.88 bits per heavy atom. The monoisotopic (exact) mass is 259 g/mol. The molecule has 0 saturated carbocycles. The molecule has 16 heavy (non-hydrogen) atoms. The highest BCUT2D eigenvalue weighted by molar-refractivity contribution is 8.00. The first kappa shape index (κ1) is 11.7. The first-order chi connectivity index (χ1) is 7.54. The van der Waals surface area contributed by atoms with E-state index in [2.05, 4.69) is 33.7 Å². The average molecular weight is 260 g/mol. The van der Waals surface area contributed by atoms with Gasteiger partial charge in [0.15, 0.2) is 0 Å². The Balaban J connectivity index is 2.22. The quantitative estimate of drug-likeness (QED) is 0.823. The Bertz CT molecular complexity index is 358. The van der Waals surface area contributed by atoms with Gasteiger partial charge in [-0.25, -0.2) is 0 Å². The second-order valence-electron chi connectivity index (χ2n) is 3.92. The van der Waals surface area contributed by atoms with Gasteiger partial charge in [0.05, 0.1) is 0 Å². The molecule has 1 aromatic rings. The molecule has 2 N–H and O–H groups in total. The van der Waals surface area contributed by atoms with E-state index in [0.29, 0.717) is 16.4 Å². The van der Waals surface area contributed by atoms with Crippen LogP contribution in [0.1, 0.15) is 13.8 Å². The molecule has 2 atom stereocenters. The largest absolute Gasteiger partial charge is 0.368 e. The topological polar surface area (TPSA) is 67.9 Å². The second kappa shape index (κ2) is 4.63. The molecular weight excluding hydrogens is 246 g/mol. The van der Waals surface area contributed by atoms with E-state index in [4.69, 9.17) is 17.3 Å². The van der Waals surface area contributed by atoms with Gasteiger partial charge in [-0.05, 0) is 11.6 Å². The van der Waals surface area contributed by atoms with E-state index in [1.165, 1.54) is 0 Å². The molecule has 1 aliphatic heterocycles. The summed E-state index contributed by atoms with van der Waals surface area (Å²) in [5.74, 6) is 0.755. The molecule has 0 spiro atoms. The van der Waals surface area contributed by atoms with Crippen LogP contribution in [0, 0.1) is 0 Å². The number of nitrogens with zero attached hydrogens (tertiary/aromatic N) is 4. The lowest BCUT2D eigenvalue weighted by molar-refractivity contribution is 0.704. The van der Waals surface area contributed by atoms with Crippen LogP contribution in [0.5, 0.6) is 0 Å². The summed E-state index contributed by atoms with van der Waals surface area (Å²) in [4.78, 5) is 14.1. The minimum atomic E-state index is 0.154. The van der Waals surface area contributed by atoms with E-state index in [0.717, 1.165) is 13.1 Å². The number of nitrogen functional groups attached to an aromatic ring is 1. The number of thioether (sulfide) groups is 1. The molecule has 0 aliphatic carbocycles. The Kier molecular flexibility index (Phi) is 3.39. The number of halogens is 1. The van der Waals surface area contributed by atoms with Crippen LogP contribution in [-0.4, -0.2) is 38.5 Å². The highest BCUT2D eigenvalue weighted by Gasteiger charge is 2.24. The van der Waals surface area contributed by atoms with Crippen molar-refractivity contribution >= 4 is 35.3 Å². The molecule has 1 saturated heterocycles. The Morgan fingerprint density at radius 1 is 1.25 bits per heavy atom. The summed E-state index contributed by atoms with van der Waals surface area (Å²) in [5.41, 5.74) is 5.56. The Hall–Kier alpha value is -0.750. The summed E-state index contributed by atoms with van der Waals surface area (Å²) >= 11 is 7.74. The maximum Gasteiger partial charge on any atom is 0.231 e. The van der Waals surface area contributed by atoms with Crippen LogP contribution in [0.3, 0.4) is 0 Å². The SMILES string of the molecule is CC1CN(c2nc(N)nc(Cl)n2)CC(C)S1. The average Bonchev–Trinajstić information content (AvgIpc) is 2.14. The van der Waals surface area contributed by atoms with Crippen molar-refractivity contribution in [1.29, 1.82) is 0 Å². The fraction of sp³-hybridized carbons (Fsp3) is 0.667. The van der Waals surface area contributed by atoms with Crippen LogP contribution < -0.4 is 10.6 Å². The van der Waals surface area contributed by atoms with Gasteiger partial charge in [-0.1, -0.05) is 13.8 Å². The van der Waals surface area contributed by atoms with E-state index in [-0.39, 0.29) is 11.2 Å². The van der Waals surface area contributed by atoms with Crippen molar-refractivity contribution in [2.45, 2.75) is 24.3 Å². The first-order valence-electron chi connectivity index (χ1n) is 5.12. The minimum Gasteiger partial charge on any atom is -0.368 e. The highest BCUT2D eigenvalue weighted by atomic mass is 35.5. The Labute approximate surface area is 104 Å². The molecule has 2 rings (SSSR count). The van der Waals surface area contributed by atoms with Crippen molar-refractivity contribution in [1.82, 2.24) is 15.0 Å². The first-order valence-corrected chi connectivity index (χ1v) is 6.44. The van der Waals surface area contributed by atoms with Gasteiger partial charge in [0.25, 0.3) is 0 Å². The molecule has 2 heterocycles. The van der Waals surface area contributed by atoms with E-state index >= 15 is 0 Å². The van der Waals surface area contributed by atoms with Crippen LogP contribution in [0.4, 0.5) is 11.9 Å². The van der Waals surface area contributed by atoms with Gasteiger partial charge in [0.1, 0.15) is 0 Å². The van der Waals surface area contributed by atoms with Crippen molar-refractivity contribution in [3.05, 3.63) is 5.28 Å². The molecule has 0 bridgehead atoms. The molecule has 1 aliphatic rings.